The average molecular weight is 304 g/mol. The lowest BCUT2D eigenvalue weighted by molar-refractivity contribution is 0.598. The standard InChI is InChI=1S/C11H11ClFN3O2S/c1-7-3-4-8(5-9(7)13)15-19(17,18)11-10(12)16(2)6-14-11/h3-6,15H,1-2H3. The summed E-state index contributed by atoms with van der Waals surface area (Å²) in [6, 6.07) is 4.05. The lowest BCUT2D eigenvalue weighted by Gasteiger charge is -2.07. The Morgan fingerprint density at radius 3 is 2.63 bits per heavy atom. The van der Waals surface area contributed by atoms with Crippen LogP contribution in [0.2, 0.25) is 5.15 Å². The largest absolute Gasteiger partial charge is 0.324 e. The average Bonchev–Trinajstić information content (AvgIpc) is 2.65. The fraction of sp³-hybridized carbons (Fsp3) is 0.182. The van der Waals surface area contributed by atoms with Crippen LogP contribution >= 0.6 is 11.6 Å². The number of anilines is 1. The molecule has 0 aliphatic carbocycles. The first kappa shape index (κ1) is 13.8. The third-order valence-corrected chi connectivity index (χ3v) is 4.38. The molecule has 5 nitrogen and oxygen atoms in total. The van der Waals surface area contributed by atoms with Crippen molar-refractivity contribution in [3.8, 4) is 0 Å². The van der Waals surface area contributed by atoms with Crippen LogP contribution in [0.25, 0.3) is 0 Å². The SMILES string of the molecule is Cc1ccc(NS(=O)(=O)c2ncn(C)c2Cl)cc1F. The molecule has 0 aliphatic heterocycles. The molecule has 1 aromatic heterocycles. The Balaban J connectivity index is 2.36. The van der Waals surface area contributed by atoms with Gasteiger partial charge in [-0.2, -0.15) is 8.42 Å². The topological polar surface area (TPSA) is 64.0 Å². The fourth-order valence-electron chi connectivity index (χ4n) is 1.43. The van der Waals surface area contributed by atoms with Gasteiger partial charge in [-0.15, -0.1) is 0 Å². The lowest BCUT2D eigenvalue weighted by atomic mass is 10.2. The van der Waals surface area contributed by atoms with Gasteiger partial charge < -0.3 is 4.57 Å². The summed E-state index contributed by atoms with van der Waals surface area (Å²) in [6.07, 6.45) is 1.28. The van der Waals surface area contributed by atoms with Gasteiger partial charge in [0.2, 0.25) is 5.03 Å². The maximum absolute atomic E-state index is 13.4. The van der Waals surface area contributed by atoms with E-state index in [9.17, 15) is 12.8 Å². The normalized spacial score (nSPS) is 11.6. The molecule has 0 amide bonds. The quantitative estimate of drug-likeness (QED) is 0.946. The van der Waals surface area contributed by atoms with Crippen molar-refractivity contribution in [3.05, 3.63) is 41.1 Å². The number of nitrogens with one attached hydrogen (secondary N) is 1. The fourth-order valence-corrected chi connectivity index (χ4v) is 2.92. The van der Waals surface area contributed by atoms with Crippen molar-refractivity contribution in [2.75, 3.05) is 4.72 Å². The summed E-state index contributed by atoms with van der Waals surface area (Å²) in [6.45, 7) is 1.59. The second-order valence-corrected chi connectivity index (χ2v) is 5.98. The number of rotatable bonds is 3. The van der Waals surface area contributed by atoms with E-state index in [0.29, 0.717) is 5.56 Å². The summed E-state index contributed by atoms with van der Waals surface area (Å²) in [5.41, 5.74) is 0.545. The van der Waals surface area contributed by atoms with Crippen molar-refractivity contribution in [1.29, 1.82) is 0 Å². The van der Waals surface area contributed by atoms with Gasteiger partial charge in [0.25, 0.3) is 10.0 Å². The van der Waals surface area contributed by atoms with Crippen LogP contribution in [-0.4, -0.2) is 18.0 Å². The van der Waals surface area contributed by atoms with E-state index in [1.807, 2.05) is 0 Å². The smallest absolute Gasteiger partial charge is 0.282 e. The molecule has 0 aliphatic rings. The number of aryl methyl sites for hydroxylation is 2. The Morgan fingerprint density at radius 2 is 2.11 bits per heavy atom. The number of benzene rings is 1. The first-order chi connectivity index (χ1) is 8.81. The van der Waals surface area contributed by atoms with Crippen LogP contribution < -0.4 is 4.72 Å². The van der Waals surface area contributed by atoms with Crippen LogP contribution in [0, 0.1) is 12.7 Å². The van der Waals surface area contributed by atoms with Gasteiger partial charge >= 0.3 is 0 Å². The van der Waals surface area contributed by atoms with E-state index in [2.05, 4.69) is 9.71 Å². The Bertz CT molecular complexity index is 728. The van der Waals surface area contributed by atoms with Crippen molar-refractivity contribution in [3.63, 3.8) is 0 Å². The summed E-state index contributed by atoms with van der Waals surface area (Å²) in [4.78, 5) is 3.71. The van der Waals surface area contributed by atoms with Gasteiger partial charge in [-0.25, -0.2) is 9.37 Å². The van der Waals surface area contributed by atoms with Crippen molar-refractivity contribution >= 4 is 27.3 Å². The second-order valence-electron chi connectivity index (χ2n) is 4.02. The minimum absolute atomic E-state index is 0.0138. The number of hydrogen-bond acceptors (Lipinski definition) is 3. The van der Waals surface area contributed by atoms with E-state index >= 15 is 0 Å². The van der Waals surface area contributed by atoms with Crippen molar-refractivity contribution in [2.45, 2.75) is 11.9 Å². The van der Waals surface area contributed by atoms with E-state index in [4.69, 9.17) is 11.6 Å². The maximum atomic E-state index is 13.4. The zero-order chi connectivity index (χ0) is 14.2. The van der Waals surface area contributed by atoms with Crippen LogP contribution in [0.15, 0.2) is 29.6 Å². The predicted octanol–water partition coefficient (Wildman–Crippen LogP) is 2.32. The molecule has 0 bridgehead atoms. The molecule has 0 saturated carbocycles. The molecule has 19 heavy (non-hydrogen) atoms. The summed E-state index contributed by atoms with van der Waals surface area (Å²) in [5, 5.41) is -0.308. The molecular weight excluding hydrogens is 293 g/mol. The molecule has 1 N–H and O–H groups in total. The van der Waals surface area contributed by atoms with E-state index in [0.717, 1.165) is 6.07 Å². The monoisotopic (exact) mass is 303 g/mol. The molecular formula is C11H11ClFN3O2S. The summed E-state index contributed by atoms with van der Waals surface area (Å²) in [5.74, 6) is -0.493. The number of nitrogens with zero attached hydrogens (tertiary/aromatic N) is 2. The summed E-state index contributed by atoms with van der Waals surface area (Å²) in [7, 11) is -2.36. The zero-order valence-electron chi connectivity index (χ0n) is 10.2. The third-order valence-electron chi connectivity index (χ3n) is 2.51. The molecule has 0 radical (unpaired) electrons. The highest BCUT2D eigenvalue weighted by atomic mass is 35.5. The van der Waals surface area contributed by atoms with E-state index < -0.39 is 15.8 Å². The highest BCUT2D eigenvalue weighted by Crippen LogP contribution is 2.22. The number of aromatic nitrogens is 2. The van der Waals surface area contributed by atoms with Gasteiger partial charge in [-0.1, -0.05) is 17.7 Å². The Kier molecular flexibility index (Phi) is 3.51. The molecule has 0 spiro atoms. The van der Waals surface area contributed by atoms with Crippen LogP contribution in [0.1, 0.15) is 5.56 Å². The molecule has 1 heterocycles. The predicted molar refractivity (Wildman–Crippen MR) is 70.2 cm³/mol. The maximum Gasteiger partial charge on any atom is 0.282 e. The molecule has 0 fully saturated rings. The van der Waals surface area contributed by atoms with E-state index in [1.54, 1.807) is 14.0 Å². The third kappa shape index (κ3) is 2.71. The van der Waals surface area contributed by atoms with Gasteiger partial charge in [0.1, 0.15) is 11.0 Å². The minimum Gasteiger partial charge on any atom is -0.324 e. The first-order valence-corrected chi connectivity index (χ1v) is 7.13. The van der Waals surface area contributed by atoms with Gasteiger partial charge in [-0.3, -0.25) is 4.72 Å². The molecule has 0 atom stereocenters. The van der Waals surface area contributed by atoms with Crippen LogP contribution in [0.4, 0.5) is 10.1 Å². The van der Waals surface area contributed by atoms with E-state index in [1.165, 1.54) is 23.0 Å². The minimum atomic E-state index is -3.93. The molecule has 2 rings (SSSR count). The highest BCUT2D eigenvalue weighted by molar-refractivity contribution is 7.92. The molecule has 2 aromatic rings. The van der Waals surface area contributed by atoms with Crippen molar-refractivity contribution < 1.29 is 12.8 Å². The number of sulfonamides is 1. The molecule has 1 aromatic carbocycles. The van der Waals surface area contributed by atoms with Crippen molar-refractivity contribution in [1.82, 2.24) is 9.55 Å². The number of halogens is 2. The summed E-state index contributed by atoms with van der Waals surface area (Å²) < 4.78 is 41.0. The molecule has 0 unspecified atom stereocenters. The van der Waals surface area contributed by atoms with Gasteiger partial charge in [0, 0.05) is 7.05 Å². The number of imidazole rings is 1. The van der Waals surface area contributed by atoms with Gasteiger partial charge in [-0.05, 0) is 24.6 Å². The summed E-state index contributed by atoms with van der Waals surface area (Å²) >= 11 is 5.82. The van der Waals surface area contributed by atoms with Crippen molar-refractivity contribution in [2.24, 2.45) is 7.05 Å². The van der Waals surface area contributed by atoms with E-state index in [-0.39, 0.29) is 15.9 Å². The second kappa shape index (κ2) is 4.82. The Hall–Kier alpha value is -1.60. The molecule has 0 saturated heterocycles. The lowest BCUT2D eigenvalue weighted by Crippen LogP contribution is -2.14. The Labute approximate surface area is 115 Å². The number of hydrogen-bond donors (Lipinski definition) is 1. The van der Waals surface area contributed by atoms with Gasteiger partial charge in [0.05, 0.1) is 12.0 Å². The first-order valence-electron chi connectivity index (χ1n) is 5.27. The van der Waals surface area contributed by atoms with Gasteiger partial charge in [0.15, 0.2) is 0 Å². The molecule has 8 heteroatoms. The Morgan fingerprint density at radius 1 is 1.42 bits per heavy atom. The molecule has 102 valence electrons. The highest BCUT2D eigenvalue weighted by Gasteiger charge is 2.22. The van der Waals surface area contributed by atoms with Crippen LogP contribution in [0.5, 0.6) is 0 Å². The van der Waals surface area contributed by atoms with Crippen LogP contribution in [-0.2, 0) is 17.1 Å². The van der Waals surface area contributed by atoms with Crippen LogP contribution in [0.3, 0.4) is 0 Å². The zero-order valence-corrected chi connectivity index (χ0v) is 11.8.